The maximum atomic E-state index is 11.9. The van der Waals surface area contributed by atoms with Crippen molar-refractivity contribution in [2.75, 3.05) is 18.8 Å². The van der Waals surface area contributed by atoms with Crippen LogP contribution in [0.3, 0.4) is 0 Å². The van der Waals surface area contributed by atoms with E-state index in [4.69, 9.17) is 0 Å². The molecule has 0 aliphatic carbocycles. The third-order valence-electron chi connectivity index (χ3n) is 1.99. The Morgan fingerprint density at radius 1 is 1.00 bits per heavy atom. The number of sulfonamides is 1. The summed E-state index contributed by atoms with van der Waals surface area (Å²) in [6.45, 7) is 11.4. The van der Waals surface area contributed by atoms with Crippen LogP contribution in [0.25, 0.3) is 0 Å². The van der Waals surface area contributed by atoms with Gasteiger partial charge >= 0.3 is 0 Å². The van der Waals surface area contributed by atoms with Crippen molar-refractivity contribution in [3.05, 3.63) is 0 Å². The van der Waals surface area contributed by atoms with Crippen molar-refractivity contribution in [1.82, 2.24) is 4.31 Å². The molecule has 92 valence electrons. The highest BCUT2D eigenvalue weighted by atomic mass is 32.2. The number of hydrogen-bond donors (Lipinski definition) is 0. The Bertz CT molecular complexity index is 248. The van der Waals surface area contributed by atoms with Crippen LogP contribution in [-0.2, 0) is 10.0 Å². The molecule has 0 amide bonds. The van der Waals surface area contributed by atoms with Crippen LogP contribution in [0.15, 0.2) is 0 Å². The minimum atomic E-state index is -3.03. The summed E-state index contributed by atoms with van der Waals surface area (Å²) in [6.07, 6.45) is 0.690. The van der Waals surface area contributed by atoms with E-state index in [1.54, 1.807) is 4.31 Å². The first-order valence-corrected chi connectivity index (χ1v) is 7.38. The van der Waals surface area contributed by atoms with Crippen LogP contribution >= 0.6 is 0 Å². The summed E-state index contributed by atoms with van der Waals surface area (Å²) in [5, 5.41) is 0. The van der Waals surface area contributed by atoms with Crippen molar-refractivity contribution in [2.45, 2.75) is 41.0 Å². The first-order chi connectivity index (χ1) is 6.79. The fourth-order valence-corrected chi connectivity index (χ4v) is 3.33. The molecule has 0 aromatic carbocycles. The second-order valence-electron chi connectivity index (χ2n) is 4.92. The van der Waals surface area contributed by atoms with E-state index in [2.05, 4.69) is 27.7 Å². The summed E-state index contributed by atoms with van der Waals surface area (Å²) in [6, 6.07) is 0. The lowest BCUT2D eigenvalue weighted by molar-refractivity contribution is 0.333. The third-order valence-corrected chi connectivity index (χ3v) is 4.00. The molecule has 0 unspecified atom stereocenters. The summed E-state index contributed by atoms with van der Waals surface area (Å²) in [4.78, 5) is 0. The Morgan fingerprint density at radius 3 is 1.67 bits per heavy atom. The van der Waals surface area contributed by atoms with Gasteiger partial charge in [-0.15, -0.1) is 0 Å². The highest BCUT2D eigenvalue weighted by molar-refractivity contribution is 7.89. The highest BCUT2D eigenvalue weighted by Gasteiger charge is 2.22. The van der Waals surface area contributed by atoms with Crippen LogP contribution < -0.4 is 0 Å². The lowest BCUT2D eigenvalue weighted by Gasteiger charge is -2.25. The van der Waals surface area contributed by atoms with E-state index in [9.17, 15) is 8.42 Å². The monoisotopic (exact) mass is 235 g/mol. The molecule has 0 aromatic heterocycles. The summed E-state index contributed by atoms with van der Waals surface area (Å²) in [7, 11) is -3.03. The standard InChI is InChI=1S/C11H25NO2S/c1-6-7-15(13,14)12(8-10(2)3)9-11(4)5/h10-11H,6-9H2,1-5H3. The average molecular weight is 235 g/mol. The van der Waals surface area contributed by atoms with Gasteiger partial charge in [0.25, 0.3) is 0 Å². The maximum Gasteiger partial charge on any atom is 0.214 e. The lowest BCUT2D eigenvalue weighted by Crippen LogP contribution is -2.38. The van der Waals surface area contributed by atoms with Crippen molar-refractivity contribution < 1.29 is 8.42 Å². The van der Waals surface area contributed by atoms with Crippen molar-refractivity contribution in [2.24, 2.45) is 11.8 Å². The van der Waals surface area contributed by atoms with Gasteiger partial charge in [-0.1, -0.05) is 34.6 Å². The van der Waals surface area contributed by atoms with Gasteiger partial charge in [0, 0.05) is 13.1 Å². The van der Waals surface area contributed by atoms with E-state index < -0.39 is 10.0 Å². The summed E-state index contributed by atoms with van der Waals surface area (Å²) >= 11 is 0. The average Bonchev–Trinajstić information content (AvgIpc) is 2.00. The van der Waals surface area contributed by atoms with Crippen molar-refractivity contribution >= 4 is 10.0 Å². The Balaban J connectivity index is 4.61. The van der Waals surface area contributed by atoms with Gasteiger partial charge in [0.2, 0.25) is 10.0 Å². The normalized spacial score (nSPS) is 13.1. The van der Waals surface area contributed by atoms with Gasteiger partial charge in [-0.2, -0.15) is 0 Å². The molecule has 4 heteroatoms. The number of hydrogen-bond acceptors (Lipinski definition) is 2. The third kappa shape index (κ3) is 6.15. The predicted octanol–water partition coefficient (Wildman–Crippen LogP) is 2.34. The fourth-order valence-electron chi connectivity index (χ4n) is 1.50. The van der Waals surface area contributed by atoms with Gasteiger partial charge in [-0.25, -0.2) is 12.7 Å². The van der Waals surface area contributed by atoms with Gasteiger partial charge in [0.15, 0.2) is 0 Å². The lowest BCUT2D eigenvalue weighted by atomic mass is 10.2. The quantitative estimate of drug-likeness (QED) is 0.679. The van der Waals surface area contributed by atoms with Gasteiger partial charge in [0.1, 0.15) is 0 Å². The van der Waals surface area contributed by atoms with Crippen LogP contribution in [0.1, 0.15) is 41.0 Å². The maximum absolute atomic E-state index is 11.9. The second kappa shape index (κ2) is 6.48. The molecule has 0 fully saturated rings. The zero-order chi connectivity index (χ0) is 12.1. The fraction of sp³-hybridized carbons (Fsp3) is 1.00. The van der Waals surface area contributed by atoms with Gasteiger partial charge < -0.3 is 0 Å². The molecule has 0 atom stereocenters. The summed E-state index contributed by atoms with van der Waals surface area (Å²) in [5.41, 5.74) is 0. The largest absolute Gasteiger partial charge is 0.214 e. The van der Waals surface area contributed by atoms with Crippen LogP contribution in [-0.4, -0.2) is 31.6 Å². The van der Waals surface area contributed by atoms with Crippen LogP contribution in [0.4, 0.5) is 0 Å². The molecule has 15 heavy (non-hydrogen) atoms. The summed E-state index contributed by atoms with van der Waals surface area (Å²) in [5.74, 6) is 1.04. The van der Waals surface area contributed by atoms with E-state index in [-0.39, 0.29) is 5.75 Å². The van der Waals surface area contributed by atoms with E-state index >= 15 is 0 Å². The van der Waals surface area contributed by atoms with Crippen LogP contribution in [0, 0.1) is 11.8 Å². The molecular weight excluding hydrogens is 210 g/mol. The Labute approximate surface area is 94.9 Å². The predicted molar refractivity (Wildman–Crippen MR) is 65.3 cm³/mol. The molecule has 0 heterocycles. The molecule has 3 nitrogen and oxygen atoms in total. The van der Waals surface area contributed by atoms with Gasteiger partial charge in [-0.3, -0.25) is 0 Å². The molecule has 0 saturated carbocycles. The molecule has 0 bridgehead atoms. The first kappa shape index (κ1) is 14.9. The topological polar surface area (TPSA) is 37.4 Å². The molecule has 0 aliphatic heterocycles. The highest BCUT2D eigenvalue weighted by Crippen LogP contribution is 2.10. The molecular formula is C11H25NO2S. The second-order valence-corrected chi connectivity index (χ2v) is 7.01. The molecule has 0 N–H and O–H groups in total. The van der Waals surface area contributed by atoms with E-state index in [0.29, 0.717) is 31.3 Å². The van der Waals surface area contributed by atoms with Crippen molar-refractivity contribution in [3.63, 3.8) is 0 Å². The molecule has 0 aliphatic rings. The van der Waals surface area contributed by atoms with Crippen LogP contribution in [0.5, 0.6) is 0 Å². The summed E-state index contributed by atoms with van der Waals surface area (Å²) < 4.78 is 25.5. The van der Waals surface area contributed by atoms with E-state index in [1.165, 1.54) is 0 Å². The smallest absolute Gasteiger partial charge is 0.212 e. The Kier molecular flexibility index (Phi) is 6.44. The van der Waals surface area contributed by atoms with E-state index in [1.807, 2.05) is 6.92 Å². The minimum Gasteiger partial charge on any atom is -0.212 e. The molecule has 0 rings (SSSR count). The molecule has 0 aromatic rings. The zero-order valence-electron chi connectivity index (χ0n) is 10.7. The SMILES string of the molecule is CCCS(=O)(=O)N(CC(C)C)CC(C)C. The molecule has 0 radical (unpaired) electrons. The molecule has 0 spiro atoms. The Hall–Kier alpha value is -0.0900. The molecule has 0 saturated heterocycles. The number of nitrogens with zero attached hydrogens (tertiary/aromatic N) is 1. The zero-order valence-corrected chi connectivity index (χ0v) is 11.5. The van der Waals surface area contributed by atoms with Gasteiger partial charge in [-0.05, 0) is 18.3 Å². The van der Waals surface area contributed by atoms with Crippen LogP contribution in [0.2, 0.25) is 0 Å². The van der Waals surface area contributed by atoms with Crippen molar-refractivity contribution in [3.8, 4) is 0 Å². The first-order valence-electron chi connectivity index (χ1n) is 5.77. The van der Waals surface area contributed by atoms with Crippen molar-refractivity contribution in [1.29, 1.82) is 0 Å². The Morgan fingerprint density at radius 2 is 1.40 bits per heavy atom. The minimum absolute atomic E-state index is 0.270. The van der Waals surface area contributed by atoms with E-state index in [0.717, 1.165) is 0 Å². The van der Waals surface area contributed by atoms with Gasteiger partial charge in [0.05, 0.1) is 5.75 Å². The number of rotatable bonds is 7.